The van der Waals surface area contributed by atoms with Gasteiger partial charge in [-0.05, 0) is 25.3 Å². The molecule has 0 radical (unpaired) electrons. The van der Waals surface area contributed by atoms with E-state index in [0.717, 1.165) is 0 Å². The summed E-state index contributed by atoms with van der Waals surface area (Å²) in [6.45, 7) is 6.08. The molecule has 0 spiro atoms. The molecule has 0 rings (SSSR count). The SMILES string of the molecule is CC(C)[C@H](C)C(=O)N[C@@H](CCCN)C(=O)O. The van der Waals surface area contributed by atoms with Gasteiger partial charge in [0.25, 0.3) is 0 Å². The molecule has 0 aromatic heterocycles. The average molecular weight is 230 g/mol. The van der Waals surface area contributed by atoms with E-state index in [0.29, 0.717) is 19.4 Å². The standard InChI is InChI=1S/C11H22N2O3/c1-7(2)8(3)10(14)13-9(11(15)16)5-4-6-12/h7-9H,4-6,12H2,1-3H3,(H,13,14)(H,15,16)/t8-,9-/m0/s1. The van der Waals surface area contributed by atoms with Crippen LogP contribution in [0.5, 0.6) is 0 Å². The molecule has 0 aromatic carbocycles. The Morgan fingerprint density at radius 3 is 2.25 bits per heavy atom. The van der Waals surface area contributed by atoms with Crippen LogP contribution in [0.1, 0.15) is 33.6 Å². The Bertz CT molecular complexity index is 241. The Balaban J connectivity index is 4.28. The van der Waals surface area contributed by atoms with Gasteiger partial charge in [0.1, 0.15) is 6.04 Å². The Kier molecular flexibility index (Phi) is 6.72. The second-order valence-corrected chi connectivity index (χ2v) is 4.36. The Labute approximate surface area is 96.4 Å². The third kappa shape index (κ3) is 5.11. The summed E-state index contributed by atoms with van der Waals surface area (Å²) in [5.41, 5.74) is 5.31. The number of rotatable bonds is 7. The first kappa shape index (κ1) is 14.9. The molecule has 0 aliphatic heterocycles. The highest BCUT2D eigenvalue weighted by Gasteiger charge is 2.23. The fraction of sp³-hybridized carbons (Fsp3) is 0.818. The van der Waals surface area contributed by atoms with Crippen LogP contribution >= 0.6 is 0 Å². The number of hydrogen-bond acceptors (Lipinski definition) is 3. The van der Waals surface area contributed by atoms with Crippen molar-refractivity contribution in [2.45, 2.75) is 39.7 Å². The number of nitrogens with two attached hydrogens (primary N) is 1. The Morgan fingerprint density at radius 2 is 1.88 bits per heavy atom. The Hall–Kier alpha value is -1.10. The summed E-state index contributed by atoms with van der Waals surface area (Å²) < 4.78 is 0. The molecule has 0 saturated carbocycles. The number of aliphatic carboxylic acids is 1. The van der Waals surface area contributed by atoms with E-state index >= 15 is 0 Å². The van der Waals surface area contributed by atoms with Crippen molar-refractivity contribution in [1.82, 2.24) is 5.32 Å². The van der Waals surface area contributed by atoms with Crippen LogP contribution in [-0.4, -0.2) is 29.6 Å². The number of carboxylic acids is 1. The summed E-state index contributed by atoms with van der Waals surface area (Å²) in [7, 11) is 0. The maximum Gasteiger partial charge on any atom is 0.326 e. The minimum Gasteiger partial charge on any atom is -0.480 e. The molecule has 0 fully saturated rings. The van der Waals surface area contributed by atoms with E-state index in [1.807, 2.05) is 13.8 Å². The van der Waals surface area contributed by atoms with E-state index < -0.39 is 12.0 Å². The summed E-state index contributed by atoms with van der Waals surface area (Å²) in [5, 5.41) is 11.5. The molecule has 0 aromatic rings. The van der Waals surface area contributed by atoms with Crippen LogP contribution in [0.25, 0.3) is 0 Å². The van der Waals surface area contributed by atoms with Gasteiger partial charge in [-0.15, -0.1) is 0 Å². The summed E-state index contributed by atoms with van der Waals surface area (Å²) in [4.78, 5) is 22.5. The van der Waals surface area contributed by atoms with Gasteiger partial charge < -0.3 is 16.2 Å². The van der Waals surface area contributed by atoms with Crippen LogP contribution < -0.4 is 11.1 Å². The number of carbonyl (C=O) groups is 2. The number of nitrogens with one attached hydrogen (secondary N) is 1. The molecular formula is C11H22N2O3. The maximum atomic E-state index is 11.7. The van der Waals surface area contributed by atoms with Gasteiger partial charge in [0.05, 0.1) is 0 Å². The number of carboxylic acid groups (broad SMARTS) is 1. The summed E-state index contributed by atoms with van der Waals surface area (Å²) >= 11 is 0. The van der Waals surface area contributed by atoms with Gasteiger partial charge in [-0.2, -0.15) is 0 Å². The van der Waals surface area contributed by atoms with Crippen LogP contribution in [0.3, 0.4) is 0 Å². The Morgan fingerprint density at radius 1 is 1.31 bits per heavy atom. The first-order valence-electron chi connectivity index (χ1n) is 5.63. The zero-order chi connectivity index (χ0) is 12.7. The highest BCUT2D eigenvalue weighted by Crippen LogP contribution is 2.10. The molecule has 0 saturated heterocycles. The average Bonchev–Trinajstić information content (AvgIpc) is 2.21. The molecule has 0 aliphatic carbocycles. The van der Waals surface area contributed by atoms with Gasteiger partial charge >= 0.3 is 5.97 Å². The van der Waals surface area contributed by atoms with Gasteiger partial charge in [0.2, 0.25) is 5.91 Å². The lowest BCUT2D eigenvalue weighted by Crippen LogP contribution is -2.44. The highest BCUT2D eigenvalue weighted by atomic mass is 16.4. The van der Waals surface area contributed by atoms with Crippen LogP contribution in [-0.2, 0) is 9.59 Å². The van der Waals surface area contributed by atoms with Crippen molar-refractivity contribution in [1.29, 1.82) is 0 Å². The van der Waals surface area contributed by atoms with Crippen molar-refractivity contribution in [3.8, 4) is 0 Å². The van der Waals surface area contributed by atoms with Crippen LogP contribution in [0.15, 0.2) is 0 Å². The van der Waals surface area contributed by atoms with E-state index in [1.54, 1.807) is 6.92 Å². The molecule has 4 N–H and O–H groups in total. The minimum absolute atomic E-state index is 0.181. The molecule has 0 unspecified atom stereocenters. The quantitative estimate of drug-likeness (QED) is 0.596. The fourth-order valence-corrected chi connectivity index (χ4v) is 1.19. The molecule has 0 aliphatic rings. The fourth-order valence-electron chi connectivity index (χ4n) is 1.19. The van der Waals surface area contributed by atoms with Gasteiger partial charge in [-0.1, -0.05) is 20.8 Å². The van der Waals surface area contributed by atoms with E-state index in [-0.39, 0.29) is 17.7 Å². The van der Waals surface area contributed by atoms with Gasteiger partial charge in [-0.25, -0.2) is 4.79 Å². The second kappa shape index (κ2) is 7.22. The zero-order valence-electron chi connectivity index (χ0n) is 10.2. The predicted molar refractivity (Wildman–Crippen MR) is 61.9 cm³/mol. The van der Waals surface area contributed by atoms with Crippen molar-refractivity contribution in [2.75, 3.05) is 6.54 Å². The molecule has 5 nitrogen and oxygen atoms in total. The van der Waals surface area contributed by atoms with E-state index in [4.69, 9.17) is 10.8 Å². The lowest BCUT2D eigenvalue weighted by atomic mass is 9.96. The van der Waals surface area contributed by atoms with Gasteiger partial charge in [0, 0.05) is 5.92 Å². The normalized spacial score (nSPS) is 14.6. The molecule has 0 bridgehead atoms. The van der Waals surface area contributed by atoms with Gasteiger partial charge in [-0.3, -0.25) is 4.79 Å². The smallest absolute Gasteiger partial charge is 0.326 e. The topological polar surface area (TPSA) is 92.4 Å². The van der Waals surface area contributed by atoms with Crippen LogP contribution in [0.4, 0.5) is 0 Å². The van der Waals surface area contributed by atoms with E-state index in [2.05, 4.69) is 5.32 Å². The lowest BCUT2D eigenvalue weighted by molar-refractivity contribution is -0.142. The zero-order valence-corrected chi connectivity index (χ0v) is 10.2. The van der Waals surface area contributed by atoms with E-state index in [9.17, 15) is 9.59 Å². The van der Waals surface area contributed by atoms with Crippen molar-refractivity contribution < 1.29 is 14.7 Å². The van der Waals surface area contributed by atoms with E-state index in [1.165, 1.54) is 0 Å². The first-order chi connectivity index (χ1) is 7.40. The number of carbonyl (C=O) groups excluding carboxylic acids is 1. The third-order valence-electron chi connectivity index (χ3n) is 2.73. The number of hydrogen-bond donors (Lipinski definition) is 3. The molecule has 1 amide bonds. The summed E-state index contributed by atoms with van der Waals surface area (Å²) in [6.07, 6.45) is 0.968. The van der Waals surface area contributed by atoms with Crippen molar-refractivity contribution in [3.63, 3.8) is 0 Å². The largest absolute Gasteiger partial charge is 0.480 e. The molecule has 16 heavy (non-hydrogen) atoms. The summed E-state index contributed by atoms with van der Waals surface area (Å²) in [5.74, 6) is -1.19. The number of amides is 1. The summed E-state index contributed by atoms with van der Waals surface area (Å²) in [6, 6.07) is -0.822. The minimum atomic E-state index is -1.00. The molecule has 94 valence electrons. The maximum absolute atomic E-state index is 11.7. The monoisotopic (exact) mass is 230 g/mol. The van der Waals surface area contributed by atoms with Gasteiger partial charge in [0.15, 0.2) is 0 Å². The molecule has 2 atom stereocenters. The third-order valence-corrected chi connectivity index (χ3v) is 2.73. The lowest BCUT2D eigenvalue weighted by Gasteiger charge is -2.19. The highest BCUT2D eigenvalue weighted by molar-refractivity contribution is 5.84. The van der Waals surface area contributed by atoms with Crippen molar-refractivity contribution >= 4 is 11.9 Å². The first-order valence-corrected chi connectivity index (χ1v) is 5.63. The van der Waals surface area contributed by atoms with Crippen molar-refractivity contribution in [2.24, 2.45) is 17.6 Å². The predicted octanol–water partition coefficient (Wildman–Crippen LogP) is 0.587. The molecule has 5 heteroatoms. The molecule has 0 heterocycles. The second-order valence-electron chi connectivity index (χ2n) is 4.36. The van der Waals surface area contributed by atoms with Crippen LogP contribution in [0.2, 0.25) is 0 Å². The van der Waals surface area contributed by atoms with Crippen molar-refractivity contribution in [3.05, 3.63) is 0 Å². The van der Waals surface area contributed by atoms with Crippen LogP contribution in [0, 0.1) is 11.8 Å². The molecular weight excluding hydrogens is 208 g/mol.